The first-order chi connectivity index (χ1) is 13.2. The fraction of sp³-hybridized carbons (Fsp3) is 0.400. The van der Waals surface area contributed by atoms with Gasteiger partial charge in [0.25, 0.3) is 0 Å². The maximum atomic E-state index is 12.3. The van der Waals surface area contributed by atoms with Crippen molar-refractivity contribution in [2.45, 2.75) is 6.42 Å². The van der Waals surface area contributed by atoms with E-state index in [1.165, 1.54) is 11.3 Å². The monoisotopic (exact) mass is 387 g/mol. The summed E-state index contributed by atoms with van der Waals surface area (Å²) in [5.74, 6) is 0.987. The van der Waals surface area contributed by atoms with Crippen LogP contribution >= 0.6 is 11.3 Å². The third-order valence-corrected chi connectivity index (χ3v) is 5.58. The molecule has 144 valence electrons. The summed E-state index contributed by atoms with van der Waals surface area (Å²) in [5.41, 5.74) is 1.16. The molecule has 2 amide bonds. The summed E-state index contributed by atoms with van der Waals surface area (Å²) in [6.07, 6.45) is 0.783. The Kier molecular flexibility index (Phi) is 6.84. The van der Waals surface area contributed by atoms with Crippen LogP contribution in [0.3, 0.4) is 0 Å². The number of rotatable bonds is 7. The molecule has 0 atom stereocenters. The molecule has 3 rings (SSSR count). The number of hydrogen-bond acceptors (Lipinski definition) is 5. The highest BCUT2D eigenvalue weighted by molar-refractivity contribution is 7.12. The number of Topliss-reactive ketones (excluding diaryl/α,β-unsaturated/α-hetero) is 1. The third kappa shape index (κ3) is 5.55. The number of piperazine rings is 1. The minimum Gasteiger partial charge on any atom is -0.497 e. The molecule has 1 saturated heterocycles. The van der Waals surface area contributed by atoms with Crippen molar-refractivity contribution in [3.05, 3.63) is 52.2 Å². The number of carbonyl (C=O) groups is 2. The Morgan fingerprint density at radius 1 is 1.11 bits per heavy atom. The summed E-state index contributed by atoms with van der Waals surface area (Å²) >= 11 is 1.48. The molecule has 0 unspecified atom stereocenters. The molecular formula is C20H25N3O3S. The van der Waals surface area contributed by atoms with Crippen molar-refractivity contribution < 1.29 is 14.3 Å². The molecule has 0 radical (unpaired) electrons. The van der Waals surface area contributed by atoms with E-state index >= 15 is 0 Å². The standard InChI is InChI=1S/C20H25N3O3S/c1-26-17-6-4-16(5-7-17)8-9-21-20(25)23-12-10-22(11-13-23)15-18(24)19-3-2-14-27-19/h2-7,14H,8-13,15H2,1H3,(H,21,25). The molecule has 1 aliphatic heterocycles. The summed E-state index contributed by atoms with van der Waals surface area (Å²) < 4.78 is 5.14. The number of amides is 2. The first kappa shape index (κ1) is 19.4. The highest BCUT2D eigenvalue weighted by Crippen LogP contribution is 2.12. The van der Waals surface area contributed by atoms with Crippen LogP contribution < -0.4 is 10.1 Å². The van der Waals surface area contributed by atoms with Crippen LogP contribution in [0.25, 0.3) is 0 Å². The highest BCUT2D eigenvalue weighted by atomic mass is 32.1. The zero-order chi connectivity index (χ0) is 19.1. The van der Waals surface area contributed by atoms with Gasteiger partial charge in [0.05, 0.1) is 18.5 Å². The lowest BCUT2D eigenvalue weighted by Crippen LogP contribution is -2.52. The molecule has 2 aromatic rings. The van der Waals surface area contributed by atoms with Crippen molar-refractivity contribution in [3.63, 3.8) is 0 Å². The van der Waals surface area contributed by atoms with E-state index in [4.69, 9.17) is 4.74 Å². The number of nitrogens with one attached hydrogen (secondary N) is 1. The van der Waals surface area contributed by atoms with Gasteiger partial charge < -0.3 is 15.0 Å². The van der Waals surface area contributed by atoms with Gasteiger partial charge >= 0.3 is 6.03 Å². The van der Waals surface area contributed by atoms with E-state index in [0.29, 0.717) is 26.2 Å². The van der Waals surface area contributed by atoms with Gasteiger partial charge in [0, 0.05) is 32.7 Å². The number of ether oxygens (including phenoxy) is 1. The lowest BCUT2D eigenvalue weighted by atomic mass is 10.1. The summed E-state index contributed by atoms with van der Waals surface area (Å²) in [6.45, 7) is 3.76. The number of carbonyl (C=O) groups excluding carboxylic acids is 2. The maximum absolute atomic E-state index is 12.3. The Morgan fingerprint density at radius 3 is 2.48 bits per heavy atom. The quantitative estimate of drug-likeness (QED) is 0.742. The largest absolute Gasteiger partial charge is 0.497 e. The Morgan fingerprint density at radius 2 is 1.85 bits per heavy atom. The van der Waals surface area contributed by atoms with E-state index in [0.717, 1.165) is 35.7 Å². The van der Waals surface area contributed by atoms with Crippen molar-refractivity contribution >= 4 is 23.2 Å². The van der Waals surface area contributed by atoms with Crippen LogP contribution in [0, 0.1) is 0 Å². The predicted octanol–water partition coefficient (Wildman–Crippen LogP) is 2.51. The lowest BCUT2D eigenvalue weighted by Gasteiger charge is -2.34. The van der Waals surface area contributed by atoms with Crippen LogP contribution in [0.5, 0.6) is 5.75 Å². The molecule has 1 aliphatic rings. The second-order valence-corrected chi connectivity index (χ2v) is 7.44. The fourth-order valence-electron chi connectivity index (χ4n) is 3.05. The Bertz CT molecular complexity index is 738. The van der Waals surface area contributed by atoms with Gasteiger partial charge in [-0.25, -0.2) is 4.79 Å². The number of ketones is 1. The number of thiophene rings is 1. The van der Waals surface area contributed by atoms with E-state index < -0.39 is 0 Å². The molecule has 2 heterocycles. The summed E-state index contributed by atoms with van der Waals surface area (Å²) in [4.78, 5) is 29.2. The van der Waals surface area contributed by atoms with Crippen molar-refractivity contribution in [3.8, 4) is 5.75 Å². The molecule has 0 saturated carbocycles. The van der Waals surface area contributed by atoms with Crippen LogP contribution in [0.4, 0.5) is 4.79 Å². The first-order valence-corrected chi connectivity index (χ1v) is 9.98. The van der Waals surface area contributed by atoms with Gasteiger partial charge in [0.1, 0.15) is 5.75 Å². The molecule has 0 bridgehead atoms. The van der Waals surface area contributed by atoms with E-state index in [9.17, 15) is 9.59 Å². The highest BCUT2D eigenvalue weighted by Gasteiger charge is 2.22. The molecule has 1 aromatic heterocycles. The van der Waals surface area contributed by atoms with E-state index in [1.807, 2.05) is 46.7 Å². The minimum absolute atomic E-state index is 0.0345. The van der Waals surface area contributed by atoms with Gasteiger partial charge in [-0.2, -0.15) is 0 Å². The number of urea groups is 1. The van der Waals surface area contributed by atoms with Gasteiger partial charge in [-0.15, -0.1) is 11.3 Å². The third-order valence-electron chi connectivity index (χ3n) is 4.67. The summed E-state index contributed by atoms with van der Waals surface area (Å²) in [6, 6.07) is 11.6. The van der Waals surface area contributed by atoms with Gasteiger partial charge in [-0.3, -0.25) is 9.69 Å². The zero-order valence-corrected chi connectivity index (χ0v) is 16.3. The summed E-state index contributed by atoms with van der Waals surface area (Å²) in [7, 11) is 1.65. The molecule has 27 heavy (non-hydrogen) atoms. The SMILES string of the molecule is COc1ccc(CCNC(=O)N2CCN(CC(=O)c3cccs3)CC2)cc1. The molecule has 0 spiro atoms. The van der Waals surface area contributed by atoms with Crippen LogP contribution in [0.15, 0.2) is 41.8 Å². The number of benzene rings is 1. The second-order valence-electron chi connectivity index (χ2n) is 6.49. The van der Waals surface area contributed by atoms with Crippen molar-refractivity contribution in [2.24, 2.45) is 0 Å². The molecule has 1 N–H and O–H groups in total. The van der Waals surface area contributed by atoms with Crippen molar-refractivity contribution in [1.29, 1.82) is 0 Å². The fourth-order valence-corrected chi connectivity index (χ4v) is 3.70. The van der Waals surface area contributed by atoms with E-state index in [-0.39, 0.29) is 11.8 Å². The number of nitrogens with zero attached hydrogens (tertiary/aromatic N) is 2. The van der Waals surface area contributed by atoms with Crippen LogP contribution in [-0.2, 0) is 6.42 Å². The van der Waals surface area contributed by atoms with Crippen molar-refractivity contribution in [1.82, 2.24) is 15.1 Å². The zero-order valence-electron chi connectivity index (χ0n) is 15.5. The number of methoxy groups -OCH3 is 1. The summed E-state index contributed by atoms with van der Waals surface area (Å²) in [5, 5.41) is 4.90. The second kappa shape index (κ2) is 9.53. The number of hydrogen-bond donors (Lipinski definition) is 1. The maximum Gasteiger partial charge on any atom is 0.317 e. The molecule has 0 aliphatic carbocycles. The molecule has 1 fully saturated rings. The first-order valence-electron chi connectivity index (χ1n) is 9.10. The van der Waals surface area contributed by atoms with E-state index in [1.54, 1.807) is 7.11 Å². The van der Waals surface area contributed by atoms with Gasteiger partial charge in [0.15, 0.2) is 5.78 Å². The smallest absolute Gasteiger partial charge is 0.317 e. The van der Waals surface area contributed by atoms with Gasteiger partial charge in [0.2, 0.25) is 0 Å². The van der Waals surface area contributed by atoms with E-state index in [2.05, 4.69) is 10.2 Å². The lowest BCUT2D eigenvalue weighted by molar-refractivity contribution is 0.0882. The Hall–Kier alpha value is -2.38. The van der Waals surface area contributed by atoms with Gasteiger partial charge in [-0.05, 0) is 35.6 Å². The average Bonchev–Trinajstić information content (AvgIpc) is 3.24. The molecule has 6 nitrogen and oxygen atoms in total. The Labute approximate surface area is 163 Å². The van der Waals surface area contributed by atoms with Crippen LogP contribution in [-0.4, -0.2) is 68.0 Å². The van der Waals surface area contributed by atoms with Crippen molar-refractivity contribution in [2.75, 3.05) is 46.4 Å². The molecule has 7 heteroatoms. The van der Waals surface area contributed by atoms with Crippen LogP contribution in [0.1, 0.15) is 15.2 Å². The molecular weight excluding hydrogens is 362 g/mol. The predicted molar refractivity (Wildman–Crippen MR) is 107 cm³/mol. The van der Waals surface area contributed by atoms with Gasteiger partial charge in [-0.1, -0.05) is 18.2 Å². The normalized spacial score (nSPS) is 14.8. The average molecular weight is 388 g/mol. The Balaban J connectivity index is 1.36. The van der Waals surface area contributed by atoms with Crippen LogP contribution in [0.2, 0.25) is 0 Å². The molecule has 1 aromatic carbocycles. The minimum atomic E-state index is -0.0345. The topological polar surface area (TPSA) is 61.9 Å².